The summed E-state index contributed by atoms with van der Waals surface area (Å²) >= 11 is 0. The molecule has 1 atom stereocenters. The lowest BCUT2D eigenvalue weighted by Crippen LogP contribution is -2.40. The fourth-order valence-corrected chi connectivity index (χ4v) is 1.96. The summed E-state index contributed by atoms with van der Waals surface area (Å²) in [6.45, 7) is 1.83. The average Bonchev–Trinajstić information content (AvgIpc) is 2.25. The van der Waals surface area contributed by atoms with Crippen molar-refractivity contribution in [2.75, 3.05) is 0 Å². The van der Waals surface area contributed by atoms with Crippen molar-refractivity contribution in [3.8, 4) is 0 Å². The first-order valence-corrected chi connectivity index (χ1v) is 5.97. The molecule has 0 aliphatic heterocycles. The van der Waals surface area contributed by atoms with Gasteiger partial charge in [-0.05, 0) is 17.5 Å². The Morgan fingerprint density at radius 3 is 2.05 bits per heavy atom. The van der Waals surface area contributed by atoms with Gasteiger partial charge in [0, 0.05) is 0 Å². The summed E-state index contributed by atoms with van der Waals surface area (Å²) in [5, 5.41) is 9.50. The van der Waals surface area contributed by atoms with E-state index in [4.69, 9.17) is 0 Å². The van der Waals surface area contributed by atoms with E-state index in [0.717, 1.165) is 6.07 Å². The van der Waals surface area contributed by atoms with E-state index in [0.29, 0.717) is 18.4 Å². The van der Waals surface area contributed by atoms with Gasteiger partial charge in [-0.2, -0.15) is 26.3 Å². The summed E-state index contributed by atoms with van der Waals surface area (Å²) in [4.78, 5) is 0. The number of aliphatic hydroxyl groups is 1. The van der Waals surface area contributed by atoms with Crippen LogP contribution in [0, 0.1) is 5.92 Å². The van der Waals surface area contributed by atoms with Crippen LogP contribution in [0.15, 0.2) is 24.3 Å². The van der Waals surface area contributed by atoms with Crippen LogP contribution in [0.3, 0.4) is 0 Å². The van der Waals surface area contributed by atoms with Crippen LogP contribution < -0.4 is 0 Å². The molecule has 1 rings (SSSR count). The quantitative estimate of drug-likeness (QED) is 0.816. The largest absolute Gasteiger partial charge is 0.403 e. The van der Waals surface area contributed by atoms with E-state index >= 15 is 0 Å². The molecule has 1 aromatic rings. The third-order valence-corrected chi connectivity index (χ3v) is 2.85. The van der Waals surface area contributed by atoms with Crippen molar-refractivity contribution >= 4 is 0 Å². The van der Waals surface area contributed by atoms with E-state index in [1.807, 2.05) is 6.92 Å². The predicted molar refractivity (Wildman–Crippen MR) is 61.0 cm³/mol. The van der Waals surface area contributed by atoms with Crippen LogP contribution in [0.5, 0.6) is 0 Å². The Morgan fingerprint density at radius 1 is 1.05 bits per heavy atom. The van der Waals surface area contributed by atoms with Crippen LogP contribution in [0.25, 0.3) is 0 Å². The molecule has 0 bridgehead atoms. The summed E-state index contributed by atoms with van der Waals surface area (Å²) in [7, 11) is 0. The van der Waals surface area contributed by atoms with Crippen LogP contribution in [0.1, 0.15) is 30.6 Å². The van der Waals surface area contributed by atoms with Gasteiger partial charge in [0.1, 0.15) is 0 Å². The molecular formula is C13H14F6O. The number of aryl methyl sites for hydroxylation is 1. The molecule has 7 heteroatoms. The van der Waals surface area contributed by atoms with Gasteiger partial charge in [0.2, 0.25) is 0 Å². The molecule has 1 N–H and O–H groups in total. The number of hydrogen-bond acceptors (Lipinski definition) is 1. The Bertz CT molecular complexity index is 423. The van der Waals surface area contributed by atoms with Gasteiger partial charge in [-0.15, -0.1) is 0 Å². The molecule has 20 heavy (non-hydrogen) atoms. The number of aliphatic hydroxyl groups excluding tert-OH is 1. The second-order valence-electron chi connectivity index (χ2n) is 4.50. The van der Waals surface area contributed by atoms with Crippen LogP contribution in [0.4, 0.5) is 26.3 Å². The van der Waals surface area contributed by atoms with E-state index in [2.05, 4.69) is 0 Å². The topological polar surface area (TPSA) is 20.2 Å². The third-order valence-electron chi connectivity index (χ3n) is 2.85. The SMILES string of the molecule is CCCc1cccc(C(O)C(C(F)(F)F)C(F)(F)F)c1. The molecule has 0 fully saturated rings. The van der Waals surface area contributed by atoms with Gasteiger partial charge in [-0.25, -0.2) is 0 Å². The highest BCUT2D eigenvalue weighted by molar-refractivity contribution is 5.26. The van der Waals surface area contributed by atoms with Gasteiger partial charge in [0.15, 0.2) is 5.92 Å². The van der Waals surface area contributed by atoms with Gasteiger partial charge >= 0.3 is 12.4 Å². The van der Waals surface area contributed by atoms with Crippen molar-refractivity contribution in [2.24, 2.45) is 5.92 Å². The minimum Gasteiger partial charge on any atom is -0.387 e. The van der Waals surface area contributed by atoms with E-state index in [1.54, 1.807) is 6.07 Å². The highest BCUT2D eigenvalue weighted by Crippen LogP contribution is 2.46. The van der Waals surface area contributed by atoms with E-state index in [9.17, 15) is 31.4 Å². The molecule has 1 aromatic carbocycles. The molecule has 0 aromatic heterocycles. The minimum absolute atomic E-state index is 0.379. The number of alkyl halides is 6. The summed E-state index contributed by atoms with van der Waals surface area (Å²) in [5.41, 5.74) is 0.211. The zero-order valence-corrected chi connectivity index (χ0v) is 10.6. The summed E-state index contributed by atoms with van der Waals surface area (Å²) in [6, 6.07) is 5.18. The first kappa shape index (κ1) is 16.8. The monoisotopic (exact) mass is 300 g/mol. The van der Waals surface area contributed by atoms with Crippen molar-refractivity contribution in [3.63, 3.8) is 0 Å². The molecule has 0 saturated heterocycles. The molecule has 0 aliphatic carbocycles. The number of halogens is 6. The normalized spacial score (nSPS) is 14.7. The Hall–Kier alpha value is -1.24. The lowest BCUT2D eigenvalue weighted by atomic mass is 9.93. The van der Waals surface area contributed by atoms with Gasteiger partial charge in [0.25, 0.3) is 0 Å². The zero-order chi connectivity index (χ0) is 15.6. The molecule has 0 amide bonds. The van der Waals surface area contributed by atoms with E-state index in [-0.39, 0.29) is 5.56 Å². The van der Waals surface area contributed by atoms with Crippen molar-refractivity contribution in [1.82, 2.24) is 0 Å². The van der Waals surface area contributed by atoms with E-state index in [1.165, 1.54) is 12.1 Å². The Morgan fingerprint density at radius 2 is 1.60 bits per heavy atom. The van der Waals surface area contributed by atoms with Crippen molar-refractivity contribution in [1.29, 1.82) is 0 Å². The van der Waals surface area contributed by atoms with Gasteiger partial charge in [-0.1, -0.05) is 37.6 Å². The van der Waals surface area contributed by atoms with Crippen LogP contribution in [0.2, 0.25) is 0 Å². The fraction of sp³-hybridized carbons (Fsp3) is 0.538. The number of benzene rings is 1. The van der Waals surface area contributed by atoms with E-state index < -0.39 is 24.4 Å². The van der Waals surface area contributed by atoms with Crippen molar-refractivity contribution in [2.45, 2.75) is 38.2 Å². The first-order chi connectivity index (χ1) is 9.07. The smallest absolute Gasteiger partial charge is 0.387 e. The molecular weight excluding hydrogens is 286 g/mol. The maximum Gasteiger partial charge on any atom is 0.403 e. The fourth-order valence-electron chi connectivity index (χ4n) is 1.96. The lowest BCUT2D eigenvalue weighted by Gasteiger charge is -2.27. The van der Waals surface area contributed by atoms with Gasteiger partial charge < -0.3 is 5.11 Å². The summed E-state index contributed by atoms with van der Waals surface area (Å²) < 4.78 is 75.1. The highest BCUT2D eigenvalue weighted by atomic mass is 19.4. The van der Waals surface area contributed by atoms with Crippen LogP contribution >= 0.6 is 0 Å². The number of rotatable bonds is 4. The summed E-state index contributed by atoms with van der Waals surface area (Å²) in [6.07, 6.45) is -12.6. The first-order valence-electron chi connectivity index (χ1n) is 5.97. The summed E-state index contributed by atoms with van der Waals surface area (Å²) in [5.74, 6) is -3.79. The Balaban J connectivity index is 3.13. The molecule has 114 valence electrons. The second-order valence-corrected chi connectivity index (χ2v) is 4.50. The number of hydrogen-bond donors (Lipinski definition) is 1. The maximum absolute atomic E-state index is 12.5. The van der Waals surface area contributed by atoms with Gasteiger partial charge in [-0.3, -0.25) is 0 Å². The lowest BCUT2D eigenvalue weighted by molar-refractivity contribution is -0.307. The minimum atomic E-state index is -5.56. The molecule has 0 heterocycles. The zero-order valence-electron chi connectivity index (χ0n) is 10.6. The molecule has 1 unspecified atom stereocenters. The molecule has 0 spiro atoms. The average molecular weight is 300 g/mol. The van der Waals surface area contributed by atoms with Gasteiger partial charge in [0.05, 0.1) is 6.10 Å². The molecule has 0 saturated carbocycles. The van der Waals surface area contributed by atoms with Crippen molar-refractivity contribution in [3.05, 3.63) is 35.4 Å². The Kier molecular flexibility index (Phi) is 5.07. The molecule has 1 nitrogen and oxygen atoms in total. The molecule has 0 aliphatic rings. The Labute approximate surface area is 112 Å². The predicted octanol–water partition coefficient (Wildman–Crippen LogP) is 4.41. The standard InChI is InChI=1S/C13H14F6O/c1-2-4-8-5-3-6-9(7-8)10(20)11(12(14,15)16)13(17,18)19/h3,5-7,10-11,20H,2,4H2,1H3. The maximum atomic E-state index is 12.5. The third kappa shape index (κ3) is 4.13. The van der Waals surface area contributed by atoms with Crippen molar-refractivity contribution < 1.29 is 31.4 Å². The second kappa shape index (κ2) is 6.03. The van der Waals surface area contributed by atoms with Crippen LogP contribution in [-0.2, 0) is 6.42 Å². The van der Waals surface area contributed by atoms with Crippen LogP contribution in [-0.4, -0.2) is 17.5 Å². The molecule has 0 radical (unpaired) electrons. The highest BCUT2D eigenvalue weighted by Gasteiger charge is 2.60.